The Morgan fingerprint density at radius 2 is 2.06 bits per heavy atom. The topological polar surface area (TPSA) is 53.6 Å². The SMILES string of the molecule is c1ccc2nc(NCc3cnc[nH]3)ccc2c1. The smallest absolute Gasteiger partial charge is 0.126 e. The molecule has 3 rings (SSSR count). The number of rotatable bonds is 3. The van der Waals surface area contributed by atoms with Gasteiger partial charge in [0.05, 0.1) is 24.1 Å². The molecule has 2 aromatic heterocycles. The summed E-state index contributed by atoms with van der Waals surface area (Å²) in [7, 11) is 0. The molecule has 0 amide bonds. The first-order valence-electron chi connectivity index (χ1n) is 5.49. The van der Waals surface area contributed by atoms with Crippen molar-refractivity contribution in [3.8, 4) is 0 Å². The van der Waals surface area contributed by atoms with Gasteiger partial charge < -0.3 is 10.3 Å². The lowest BCUT2D eigenvalue weighted by atomic mass is 10.2. The number of fused-ring (bicyclic) bond motifs is 1. The van der Waals surface area contributed by atoms with E-state index in [1.807, 2.05) is 24.3 Å². The molecular weight excluding hydrogens is 212 g/mol. The summed E-state index contributed by atoms with van der Waals surface area (Å²) in [5.41, 5.74) is 2.04. The monoisotopic (exact) mass is 224 g/mol. The number of para-hydroxylation sites is 1. The van der Waals surface area contributed by atoms with Crippen LogP contribution in [0.25, 0.3) is 10.9 Å². The molecule has 2 heterocycles. The second-order valence-corrected chi connectivity index (χ2v) is 3.82. The fraction of sp³-hybridized carbons (Fsp3) is 0.0769. The largest absolute Gasteiger partial charge is 0.364 e. The fourth-order valence-electron chi connectivity index (χ4n) is 1.73. The van der Waals surface area contributed by atoms with E-state index in [1.165, 1.54) is 0 Å². The lowest BCUT2D eigenvalue weighted by Crippen LogP contribution is -2.01. The Bertz CT molecular complexity index is 616. The number of nitrogens with one attached hydrogen (secondary N) is 2. The number of hydrogen-bond acceptors (Lipinski definition) is 3. The van der Waals surface area contributed by atoms with Crippen molar-refractivity contribution < 1.29 is 0 Å². The van der Waals surface area contributed by atoms with Gasteiger partial charge in [-0.15, -0.1) is 0 Å². The normalized spacial score (nSPS) is 10.6. The predicted octanol–water partition coefficient (Wildman–Crippen LogP) is 2.57. The van der Waals surface area contributed by atoms with E-state index < -0.39 is 0 Å². The van der Waals surface area contributed by atoms with Crippen LogP contribution in [-0.2, 0) is 6.54 Å². The number of aromatic nitrogens is 3. The third-order valence-electron chi connectivity index (χ3n) is 2.61. The molecule has 0 bridgehead atoms. The molecule has 0 fully saturated rings. The van der Waals surface area contributed by atoms with Crippen molar-refractivity contribution in [3.63, 3.8) is 0 Å². The zero-order chi connectivity index (χ0) is 11.5. The molecule has 1 aromatic carbocycles. The molecule has 84 valence electrons. The summed E-state index contributed by atoms with van der Waals surface area (Å²) in [6.45, 7) is 0.700. The summed E-state index contributed by atoms with van der Waals surface area (Å²) < 4.78 is 0. The number of H-pyrrole nitrogens is 1. The highest BCUT2D eigenvalue weighted by Crippen LogP contribution is 2.14. The minimum atomic E-state index is 0.700. The minimum Gasteiger partial charge on any atom is -0.364 e. The van der Waals surface area contributed by atoms with Crippen LogP contribution in [0.2, 0.25) is 0 Å². The first-order valence-corrected chi connectivity index (χ1v) is 5.49. The summed E-state index contributed by atoms with van der Waals surface area (Å²) in [4.78, 5) is 11.5. The van der Waals surface area contributed by atoms with E-state index >= 15 is 0 Å². The van der Waals surface area contributed by atoms with Crippen LogP contribution >= 0.6 is 0 Å². The molecule has 4 heteroatoms. The maximum atomic E-state index is 4.53. The van der Waals surface area contributed by atoms with Crippen LogP contribution in [0.5, 0.6) is 0 Å². The molecule has 0 saturated heterocycles. The highest BCUT2D eigenvalue weighted by molar-refractivity contribution is 5.79. The molecule has 3 aromatic rings. The van der Waals surface area contributed by atoms with Crippen molar-refractivity contribution in [2.75, 3.05) is 5.32 Å². The molecule has 2 N–H and O–H groups in total. The molecule has 0 radical (unpaired) electrons. The van der Waals surface area contributed by atoms with Gasteiger partial charge in [-0.2, -0.15) is 0 Å². The fourth-order valence-corrected chi connectivity index (χ4v) is 1.73. The van der Waals surface area contributed by atoms with E-state index in [2.05, 4.69) is 32.4 Å². The molecule has 0 saturated carbocycles. The zero-order valence-electron chi connectivity index (χ0n) is 9.22. The Morgan fingerprint density at radius 3 is 2.94 bits per heavy atom. The average Bonchev–Trinajstić information content (AvgIpc) is 2.89. The summed E-state index contributed by atoms with van der Waals surface area (Å²) >= 11 is 0. The number of pyridine rings is 1. The Hall–Kier alpha value is -2.36. The summed E-state index contributed by atoms with van der Waals surface area (Å²) in [6.07, 6.45) is 3.47. The maximum absolute atomic E-state index is 4.53. The number of nitrogens with zero attached hydrogens (tertiary/aromatic N) is 2. The summed E-state index contributed by atoms with van der Waals surface area (Å²) in [6, 6.07) is 12.1. The highest BCUT2D eigenvalue weighted by Gasteiger charge is 1.98. The average molecular weight is 224 g/mol. The van der Waals surface area contributed by atoms with E-state index in [4.69, 9.17) is 0 Å². The van der Waals surface area contributed by atoms with Crippen LogP contribution in [0.15, 0.2) is 48.9 Å². The first kappa shape index (κ1) is 9.84. The standard InChI is InChI=1S/C13H12N4/c1-2-4-12-10(3-1)5-6-13(17-12)15-8-11-7-14-9-16-11/h1-7,9H,8H2,(H,14,16)(H,15,17). The van der Waals surface area contributed by atoms with Gasteiger partial charge in [-0.3, -0.25) is 0 Å². The Morgan fingerprint density at radius 1 is 1.12 bits per heavy atom. The molecule has 17 heavy (non-hydrogen) atoms. The van der Waals surface area contributed by atoms with E-state index in [1.54, 1.807) is 12.5 Å². The quantitative estimate of drug-likeness (QED) is 0.719. The van der Waals surface area contributed by atoms with Gasteiger partial charge >= 0.3 is 0 Å². The van der Waals surface area contributed by atoms with Crippen molar-refractivity contribution in [2.24, 2.45) is 0 Å². The van der Waals surface area contributed by atoms with Crippen LogP contribution in [-0.4, -0.2) is 15.0 Å². The molecule has 0 spiro atoms. The van der Waals surface area contributed by atoms with Gasteiger partial charge in [0, 0.05) is 11.6 Å². The van der Waals surface area contributed by atoms with E-state index in [0.29, 0.717) is 6.54 Å². The number of imidazole rings is 1. The van der Waals surface area contributed by atoms with Crippen molar-refractivity contribution in [1.82, 2.24) is 15.0 Å². The number of benzene rings is 1. The Labute approximate surface area is 98.7 Å². The molecule has 0 aliphatic rings. The molecule has 4 nitrogen and oxygen atoms in total. The lowest BCUT2D eigenvalue weighted by Gasteiger charge is -2.05. The summed E-state index contributed by atoms with van der Waals surface area (Å²) in [5, 5.41) is 4.41. The van der Waals surface area contributed by atoms with Crippen molar-refractivity contribution in [1.29, 1.82) is 0 Å². The Balaban J connectivity index is 1.81. The van der Waals surface area contributed by atoms with Gasteiger partial charge in [0.1, 0.15) is 5.82 Å². The highest BCUT2D eigenvalue weighted by atomic mass is 15.0. The van der Waals surface area contributed by atoms with E-state index in [-0.39, 0.29) is 0 Å². The van der Waals surface area contributed by atoms with Crippen molar-refractivity contribution >= 4 is 16.7 Å². The second kappa shape index (κ2) is 4.25. The third-order valence-corrected chi connectivity index (χ3v) is 2.61. The lowest BCUT2D eigenvalue weighted by molar-refractivity contribution is 1.06. The van der Waals surface area contributed by atoms with Crippen LogP contribution in [0.4, 0.5) is 5.82 Å². The Kier molecular flexibility index (Phi) is 2.46. The number of anilines is 1. The first-order chi connectivity index (χ1) is 8.42. The zero-order valence-corrected chi connectivity index (χ0v) is 9.22. The van der Waals surface area contributed by atoms with E-state index in [9.17, 15) is 0 Å². The van der Waals surface area contributed by atoms with Gasteiger partial charge in [-0.05, 0) is 18.2 Å². The second-order valence-electron chi connectivity index (χ2n) is 3.82. The van der Waals surface area contributed by atoms with Crippen molar-refractivity contribution in [3.05, 3.63) is 54.6 Å². The molecular formula is C13H12N4. The predicted molar refractivity (Wildman–Crippen MR) is 67.7 cm³/mol. The van der Waals surface area contributed by atoms with Gasteiger partial charge in [0.2, 0.25) is 0 Å². The minimum absolute atomic E-state index is 0.700. The maximum Gasteiger partial charge on any atom is 0.126 e. The third kappa shape index (κ3) is 2.10. The van der Waals surface area contributed by atoms with Crippen LogP contribution in [0.1, 0.15) is 5.69 Å². The number of aromatic amines is 1. The van der Waals surface area contributed by atoms with Gasteiger partial charge in [0.15, 0.2) is 0 Å². The van der Waals surface area contributed by atoms with Crippen molar-refractivity contribution in [2.45, 2.75) is 6.54 Å². The van der Waals surface area contributed by atoms with Gasteiger partial charge in [-0.25, -0.2) is 9.97 Å². The van der Waals surface area contributed by atoms with Gasteiger partial charge in [0.25, 0.3) is 0 Å². The molecule has 0 atom stereocenters. The van der Waals surface area contributed by atoms with E-state index in [0.717, 1.165) is 22.4 Å². The van der Waals surface area contributed by atoms with Crippen LogP contribution < -0.4 is 5.32 Å². The van der Waals surface area contributed by atoms with Crippen LogP contribution in [0.3, 0.4) is 0 Å². The van der Waals surface area contributed by atoms with Gasteiger partial charge in [-0.1, -0.05) is 18.2 Å². The van der Waals surface area contributed by atoms with Crippen LogP contribution in [0, 0.1) is 0 Å². The number of hydrogen-bond donors (Lipinski definition) is 2. The summed E-state index contributed by atoms with van der Waals surface area (Å²) in [5.74, 6) is 0.873. The molecule has 0 aliphatic carbocycles. The molecule has 0 unspecified atom stereocenters. The molecule has 0 aliphatic heterocycles.